The van der Waals surface area contributed by atoms with Crippen LogP contribution in [0.1, 0.15) is 44.1 Å². The fraction of sp³-hybridized carbons (Fsp3) is 0.346. The third-order valence-electron chi connectivity index (χ3n) is 6.13. The lowest BCUT2D eigenvalue weighted by atomic mass is 9.96. The number of benzene rings is 2. The highest BCUT2D eigenvalue weighted by atomic mass is 19.1. The Morgan fingerprint density at radius 1 is 1.14 bits per heavy atom. The van der Waals surface area contributed by atoms with E-state index in [1.807, 2.05) is 43.9 Å². The first kappa shape index (κ1) is 24.4. The number of halogens is 1. The van der Waals surface area contributed by atoms with Gasteiger partial charge in [-0.15, -0.1) is 0 Å². The number of aromatic amines is 2. The van der Waals surface area contributed by atoms with Gasteiger partial charge in [0.1, 0.15) is 5.69 Å². The van der Waals surface area contributed by atoms with Gasteiger partial charge in [-0.1, -0.05) is 26.8 Å². The topological polar surface area (TPSA) is 118 Å². The predicted molar refractivity (Wildman–Crippen MR) is 133 cm³/mol. The fourth-order valence-corrected chi connectivity index (χ4v) is 4.46. The van der Waals surface area contributed by atoms with Gasteiger partial charge in [0.15, 0.2) is 17.4 Å². The lowest BCUT2D eigenvalue weighted by Gasteiger charge is -2.18. The molecule has 0 radical (unpaired) electrons. The molecule has 0 aliphatic rings. The van der Waals surface area contributed by atoms with Crippen LogP contribution in [-0.4, -0.2) is 54.3 Å². The van der Waals surface area contributed by atoms with Crippen molar-refractivity contribution in [2.24, 2.45) is 0 Å². The number of hydrogen-bond acceptors (Lipinski definition) is 5. The van der Waals surface area contributed by atoms with E-state index in [1.165, 1.54) is 12.1 Å². The molecule has 0 saturated heterocycles. The van der Waals surface area contributed by atoms with Crippen molar-refractivity contribution in [2.45, 2.75) is 46.6 Å². The van der Waals surface area contributed by atoms with E-state index in [0.717, 1.165) is 45.4 Å². The largest absolute Gasteiger partial charge is 0.505 e. The van der Waals surface area contributed by atoms with Gasteiger partial charge >= 0.3 is 5.97 Å². The zero-order chi connectivity index (χ0) is 25.1. The molecule has 0 spiro atoms. The number of hydrogen-bond donors (Lipinski definition) is 4. The third-order valence-corrected chi connectivity index (χ3v) is 6.13. The first-order valence-corrected chi connectivity index (χ1v) is 11.9. The lowest BCUT2D eigenvalue weighted by Crippen LogP contribution is -2.30. The molecule has 0 saturated carbocycles. The molecular formula is C26H30FN5O3. The van der Waals surface area contributed by atoms with Crippen LogP contribution >= 0.6 is 0 Å². The molecule has 184 valence electrons. The van der Waals surface area contributed by atoms with Gasteiger partial charge in [0.25, 0.3) is 0 Å². The van der Waals surface area contributed by atoms with Gasteiger partial charge in [0.05, 0.1) is 23.4 Å². The van der Waals surface area contributed by atoms with Crippen LogP contribution < -0.4 is 0 Å². The van der Waals surface area contributed by atoms with Crippen LogP contribution in [0.5, 0.6) is 5.75 Å². The monoisotopic (exact) mass is 479 g/mol. The Balaban J connectivity index is 1.69. The Labute approximate surface area is 202 Å². The predicted octanol–water partition coefficient (Wildman–Crippen LogP) is 4.89. The van der Waals surface area contributed by atoms with Gasteiger partial charge in [-0.2, -0.15) is 5.10 Å². The smallest absolute Gasteiger partial charge is 0.317 e. The van der Waals surface area contributed by atoms with Gasteiger partial charge < -0.3 is 15.2 Å². The molecule has 4 N–H and O–H groups in total. The zero-order valence-electron chi connectivity index (χ0n) is 20.2. The second kappa shape index (κ2) is 10.3. The number of carbonyl (C=O) groups is 1. The molecule has 0 amide bonds. The van der Waals surface area contributed by atoms with Crippen LogP contribution in [0.15, 0.2) is 30.3 Å². The Morgan fingerprint density at radius 2 is 1.94 bits per heavy atom. The number of aromatic nitrogens is 4. The molecule has 2 aromatic carbocycles. The maximum absolute atomic E-state index is 14.1. The summed E-state index contributed by atoms with van der Waals surface area (Å²) in [4.78, 5) is 21.3. The number of H-pyrrole nitrogens is 2. The third kappa shape index (κ3) is 5.05. The van der Waals surface area contributed by atoms with Gasteiger partial charge in [0.2, 0.25) is 0 Å². The molecule has 0 unspecified atom stereocenters. The number of phenolic OH excluding ortho intramolecular Hbond substituents is 1. The van der Waals surface area contributed by atoms with Gasteiger partial charge in [0, 0.05) is 11.9 Å². The fourth-order valence-electron chi connectivity index (χ4n) is 4.46. The van der Waals surface area contributed by atoms with Crippen LogP contribution in [0.4, 0.5) is 4.39 Å². The van der Waals surface area contributed by atoms with Crippen molar-refractivity contribution in [3.05, 3.63) is 53.1 Å². The maximum Gasteiger partial charge on any atom is 0.317 e. The number of fused-ring (bicyclic) bond motifs is 1. The Hall–Kier alpha value is -3.72. The highest BCUT2D eigenvalue weighted by Crippen LogP contribution is 2.33. The average Bonchev–Trinajstić information content (AvgIpc) is 3.43. The van der Waals surface area contributed by atoms with Crippen molar-refractivity contribution in [3.63, 3.8) is 0 Å². The molecule has 0 fully saturated rings. The van der Waals surface area contributed by atoms with Crippen molar-refractivity contribution in [2.75, 3.05) is 13.1 Å². The highest BCUT2D eigenvalue weighted by Gasteiger charge is 2.19. The van der Waals surface area contributed by atoms with E-state index in [0.29, 0.717) is 37.4 Å². The van der Waals surface area contributed by atoms with Gasteiger partial charge in [-0.3, -0.25) is 14.8 Å². The summed E-state index contributed by atoms with van der Waals surface area (Å²) in [6.45, 7) is 7.11. The summed E-state index contributed by atoms with van der Waals surface area (Å²) in [7, 11) is 0. The number of nitrogens with one attached hydrogen (secondary N) is 2. The number of rotatable bonds is 10. The summed E-state index contributed by atoms with van der Waals surface area (Å²) in [5, 5.41) is 27.4. The quantitative estimate of drug-likeness (QED) is 0.257. The molecule has 0 aliphatic carbocycles. The van der Waals surface area contributed by atoms with E-state index in [2.05, 4.69) is 15.2 Å². The van der Waals surface area contributed by atoms with E-state index in [4.69, 9.17) is 4.98 Å². The number of aliphatic carboxylic acids is 1. The SMILES string of the molecule is CCCN(CC(=O)O)Cc1[nH]c(-c2n[nH]c3cc(-c4cc(F)c(O)cc4CC)ccc23)nc1CC. The van der Waals surface area contributed by atoms with Crippen LogP contribution in [0.3, 0.4) is 0 Å². The molecule has 2 aromatic heterocycles. The number of imidazole rings is 1. The van der Waals surface area contributed by atoms with Crippen LogP contribution in [0.25, 0.3) is 33.5 Å². The number of phenols is 1. The minimum Gasteiger partial charge on any atom is -0.505 e. The van der Waals surface area contributed by atoms with Crippen LogP contribution in [0, 0.1) is 5.82 Å². The van der Waals surface area contributed by atoms with Crippen molar-refractivity contribution in [1.29, 1.82) is 0 Å². The summed E-state index contributed by atoms with van der Waals surface area (Å²) in [5.41, 5.74) is 5.61. The summed E-state index contributed by atoms with van der Waals surface area (Å²) in [5.74, 6) is -1.24. The lowest BCUT2D eigenvalue weighted by molar-refractivity contribution is -0.138. The minimum atomic E-state index is -0.856. The Morgan fingerprint density at radius 3 is 2.63 bits per heavy atom. The van der Waals surface area contributed by atoms with Crippen LogP contribution in [0.2, 0.25) is 0 Å². The van der Waals surface area contributed by atoms with E-state index in [9.17, 15) is 19.4 Å². The van der Waals surface area contributed by atoms with Crippen molar-refractivity contribution < 1.29 is 19.4 Å². The number of nitrogens with zero attached hydrogens (tertiary/aromatic N) is 3. The van der Waals surface area contributed by atoms with Crippen LogP contribution in [-0.2, 0) is 24.2 Å². The summed E-state index contributed by atoms with van der Waals surface area (Å²) in [6, 6.07) is 8.58. The maximum atomic E-state index is 14.1. The Kier molecular flexibility index (Phi) is 7.16. The zero-order valence-corrected chi connectivity index (χ0v) is 20.2. The molecule has 35 heavy (non-hydrogen) atoms. The Bertz CT molecular complexity index is 1360. The minimum absolute atomic E-state index is 0.0307. The summed E-state index contributed by atoms with van der Waals surface area (Å²) >= 11 is 0. The number of carboxylic acids is 1. The van der Waals surface area contributed by atoms with Crippen molar-refractivity contribution in [1.82, 2.24) is 25.1 Å². The normalized spacial score (nSPS) is 11.6. The molecule has 0 aliphatic heterocycles. The van der Waals surface area contributed by atoms with E-state index >= 15 is 0 Å². The second-order valence-corrected chi connectivity index (χ2v) is 8.62. The molecule has 8 nitrogen and oxygen atoms in total. The summed E-state index contributed by atoms with van der Waals surface area (Å²) < 4.78 is 14.1. The van der Waals surface area contributed by atoms with Crippen molar-refractivity contribution >= 4 is 16.9 Å². The average molecular weight is 480 g/mol. The first-order valence-electron chi connectivity index (χ1n) is 11.9. The summed E-state index contributed by atoms with van der Waals surface area (Å²) in [6.07, 6.45) is 2.21. The molecule has 0 atom stereocenters. The standard InChI is InChI=1S/C26H30FN5O3/c1-4-9-32(14-24(34)35)13-22-20(6-3)28-26(29-22)25-17-8-7-16(10-21(17)30-31-25)18-12-19(27)23(33)11-15(18)5-2/h7-8,10-12,33H,4-6,9,13-14H2,1-3H3,(H,28,29)(H,30,31)(H,34,35). The number of aromatic hydroxyl groups is 1. The molecule has 0 bridgehead atoms. The van der Waals surface area contributed by atoms with Gasteiger partial charge in [-0.05, 0) is 66.8 Å². The van der Waals surface area contributed by atoms with E-state index in [1.54, 1.807) is 0 Å². The highest BCUT2D eigenvalue weighted by molar-refractivity contribution is 5.94. The first-order chi connectivity index (χ1) is 16.8. The van der Waals surface area contributed by atoms with Crippen molar-refractivity contribution in [3.8, 4) is 28.4 Å². The molecule has 2 heterocycles. The molecular weight excluding hydrogens is 449 g/mol. The molecule has 9 heteroatoms. The van der Waals surface area contributed by atoms with E-state index < -0.39 is 11.8 Å². The number of carboxylic acid groups (broad SMARTS) is 1. The number of aryl methyl sites for hydroxylation is 2. The van der Waals surface area contributed by atoms with E-state index in [-0.39, 0.29) is 12.3 Å². The second-order valence-electron chi connectivity index (χ2n) is 8.62. The van der Waals surface area contributed by atoms with Gasteiger partial charge in [-0.25, -0.2) is 9.37 Å². The molecule has 4 rings (SSSR count). The molecule has 4 aromatic rings.